The average Bonchev–Trinajstić information content (AvgIpc) is 2.76. The molecule has 0 unspecified atom stereocenters. The molecule has 2 heterocycles. The van der Waals surface area contributed by atoms with Crippen LogP contribution in [-0.2, 0) is 12.8 Å². The molecule has 0 radical (unpaired) electrons. The van der Waals surface area contributed by atoms with E-state index in [1.54, 1.807) is 23.1 Å². The lowest BCUT2D eigenvalue weighted by molar-refractivity contribution is 0.259. The topological polar surface area (TPSA) is 80.9 Å². The van der Waals surface area contributed by atoms with E-state index in [-0.39, 0.29) is 0 Å². The highest BCUT2D eigenvalue weighted by molar-refractivity contribution is 7.99. The summed E-state index contributed by atoms with van der Waals surface area (Å²) >= 11 is 3.29. The second kappa shape index (κ2) is 5.57. The van der Waals surface area contributed by atoms with Crippen molar-refractivity contribution < 1.29 is 4.79 Å². The molecule has 5 nitrogen and oxygen atoms in total. The van der Waals surface area contributed by atoms with Crippen molar-refractivity contribution in [3.05, 3.63) is 10.4 Å². The van der Waals surface area contributed by atoms with Crippen LogP contribution in [0.5, 0.6) is 0 Å². The second-order valence-electron chi connectivity index (χ2n) is 4.67. The summed E-state index contributed by atoms with van der Waals surface area (Å²) in [5.74, 6) is 1.46. The Morgan fingerprint density at radius 1 is 1.40 bits per heavy atom. The second-order valence-corrected chi connectivity index (χ2v) is 6.98. The molecule has 0 aromatic carbocycles. The average molecular weight is 308 g/mol. The van der Waals surface area contributed by atoms with Crippen molar-refractivity contribution in [1.29, 1.82) is 0 Å². The molecule has 106 valence electrons. The van der Waals surface area contributed by atoms with Crippen molar-refractivity contribution in [2.45, 2.75) is 37.8 Å². The quantitative estimate of drug-likeness (QED) is 0.674. The minimum atomic E-state index is -0.576. The number of aromatic nitrogens is 2. The van der Waals surface area contributed by atoms with Crippen molar-refractivity contribution in [3.8, 4) is 0 Å². The summed E-state index contributed by atoms with van der Waals surface area (Å²) in [5.41, 5.74) is 6.57. The van der Waals surface area contributed by atoms with Gasteiger partial charge in [0, 0.05) is 4.88 Å². The van der Waals surface area contributed by atoms with Crippen LogP contribution in [-0.4, -0.2) is 21.8 Å². The van der Waals surface area contributed by atoms with E-state index in [9.17, 15) is 4.79 Å². The lowest BCUT2D eigenvalue weighted by atomic mass is 9.97. The van der Waals surface area contributed by atoms with E-state index in [1.807, 2.05) is 0 Å². The minimum Gasteiger partial charge on any atom is -0.351 e. The molecule has 3 rings (SSSR count). The smallest absolute Gasteiger partial charge is 0.317 e. The van der Waals surface area contributed by atoms with E-state index in [0.717, 1.165) is 28.8 Å². The number of amides is 2. The molecule has 0 atom stereocenters. The number of carbonyl (C=O) groups is 1. The largest absolute Gasteiger partial charge is 0.351 e. The number of rotatable bonds is 3. The number of thioether (sulfide) groups is 1. The first-order chi connectivity index (χ1) is 9.69. The Kier molecular flexibility index (Phi) is 3.80. The summed E-state index contributed by atoms with van der Waals surface area (Å²) in [5, 5.41) is 4.35. The van der Waals surface area contributed by atoms with E-state index in [2.05, 4.69) is 22.2 Å². The molecular formula is C13H16N4OS2. The number of fused-ring (bicyclic) bond motifs is 3. The summed E-state index contributed by atoms with van der Waals surface area (Å²) in [4.78, 5) is 22.6. The zero-order valence-corrected chi connectivity index (χ0v) is 12.9. The van der Waals surface area contributed by atoms with Gasteiger partial charge in [-0.05, 0) is 37.0 Å². The first-order valence-electron chi connectivity index (χ1n) is 6.70. The molecule has 1 aliphatic rings. The fraction of sp³-hybridized carbons (Fsp3) is 0.462. The zero-order chi connectivity index (χ0) is 14.1. The summed E-state index contributed by atoms with van der Waals surface area (Å²) in [6.45, 7) is 2.05. The Bertz CT molecular complexity index is 668. The number of nitrogens with two attached hydrogens (primary N) is 1. The maximum Gasteiger partial charge on any atom is 0.317 e. The molecule has 1 aliphatic carbocycles. The molecular weight excluding hydrogens is 292 g/mol. The van der Waals surface area contributed by atoms with Crippen molar-refractivity contribution in [1.82, 2.24) is 9.97 Å². The Morgan fingerprint density at radius 2 is 2.20 bits per heavy atom. The lowest BCUT2D eigenvalue weighted by Crippen LogP contribution is -2.20. The van der Waals surface area contributed by atoms with Crippen LogP contribution in [0.2, 0.25) is 0 Å². The molecule has 0 spiro atoms. The normalized spacial score (nSPS) is 14.2. The van der Waals surface area contributed by atoms with Crippen LogP contribution in [0, 0.1) is 0 Å². The van der Waals surface area contributed by atoms with Crippen molar-refractivity contribution in [3.63, 3.8) is 0 Å². The fourth-order valence-electron chi connectivity index (χ4n) is 2.54. The third-order valence-corrected chi connectivity index (χ3v) is 5.22. The summed E-state index contributed by atoms with van der Waals surface area (Å²) < 4.78 is 0. The van der Waals surface area contributed by atoms with Gasteiger partial charge < -0.3 is 5.73 Å². The van der Waals surface area contributed by atoms with Crippen LogP contribution >= 0.6 is 23.1 Å². The molecule has 0 saturated carbocycles. The Morgan fingerprint density at radius 3 is 2.95 bits per heavy atom. The van der Waals surface area contributed by atoms with Crippen molar-refractivity contribution in [2.75, 3.05) is 11.1 Å². The summed E-state index contributed by atoms with van der Waals surface area (Å²) in [6, 6.07) is -0.576. The van der Waals surface area contributed by atoms with E-state index < -0.39 is 6.03 Å². The third-order valence-electron chi connectivity index (χ3n) is 3.31. The van der Waals surface area contributed by atoms with Crippen LogP contribution in [0.15, 0.2) is 5.16 Å². The van der Waals surface area contributed by atoms with Gasteiger partial charge in [-0.1, -0.05) is 18.7 Å². The molecule has 0 saturated heterocycles. The molecule has 2 aromatic rings. The molecule has 0 fully saturated rings. The minimum absolute atomic E-state index is 0.567. The Balaban J connectivity index is 2.19. The highest BCUT2D eigenvalue weighted by Gasteiger charge is 2.21. The highest BCUT2D eigenvalue weighted by atomic mass is 32.2. The van der Waals surface area contributed by atoms with Gasteiger partial charge in [0.05, 0.1) is 5.39 Å². The van der Waals surface area contributed by atoms with Gasteiger partial charge in [-0.3, -0.25) is 5.32 Å². The number of aryl methyl sites for hydroxylation is 2. The molecule has 7 heteroatoms. The van der Waals surface area contributed by atoms with Gasteiger partial charge >= 0.3 is 6.03 Å². The monoisotopic (exact) mass is 308 g/mol. The van der Waals surface area contributed by atoms with Crippen molar-refractivity contribution >= 4 is 45.2 Å². The van der Waals surface area contributed by atoms with Crippen LogP contribution in [0.4, 0.5) is 10.6 Å². The predicted octanol–water partition coefficient (Wildman–Crippen LogP) is 3.17. The van der Waals surface area contributed by atoms with E-state index in [4.69, 9.17) is 5.73 Å². The lowest BCUT2D eigenvalue weighted by Gasteiger charge is -2.12. The first-order valence-corrected chi connectivity index (χ1v) is 8.50. The predicted molar refractivity (Wildman–Crippen MR) is 83.7 cm³/mol. The number of nitrogens with zero attached hydrogens (tertiary/aromatic N) is 2. The van der Waals surface area contributed by atoms with Gasteiger partial charge in [0.2, 0.25) is 0 Å². The molecule has 2 aromatic heterocycles. The van der Waals surface area contributed by atoms with Gasteiger partial charge in [0.15, 0.2) is 5.16 Å². The van der Waals surface area contributed by atoms with Gasteiger partial charge in [-0.2, -0.15) is 0 Å². The van der Waals surface area contributed by atoms with E-state index in [0.29, 0.717) is 11.0 Å². The van der Waals surface area contributed by atoms with Gasteiger partial charge in [0.1, 0.15) is 10.6 Å². The number of anilines is 1. The Labute approximate surface area is 125 Å². The molecule has 0 aliphatic heterocycles. The standard InChI is InChI=1S/C13H16N4OS2/c1-2-19-13-16-10(15-12(14)18)9-7-5-3-4-6-8(7)20-11(9)17-13/h2-6H2,1H3,(H3,14,15,16,17,18). The van der Waals surface area contributed by atoms with Gasteiger partial charge in [-0.25, -0.2) is 14.8 Å². The maximum atomic E-state index is 11.2. The Hall–Kier alpha value is -1.34. The van der Waals surface area contributed by atoms with E-state index in [1.165, 1.54) is 23.3 Å². The number of hydrogen-bond acceptors (Lipinski definition) is 5. The zero-order valence-electron chi connectivity index (χ0n) is 11.2. The first kappa shape index (κ1) is 13.6. The number of hydrogen-bond donors (Lipinski definition) is 2. The fourth-order valence-corrected chi connectivity index (χ4v) is 4.43. The van der Waals surface area contributed by atoms with Crippen LogP contribution < -0.4 is 11.1 Å². The highest BCUT2D eigenvalue weighted by Crippen LogP contribution is 2.39. The number of nitrogens with one attached hydrogen (secondary N) is 1. The summed E-state index contributed by atoms with van der Waals surface area (Å²) in [7, 11) is 0. The van der Waals surface area contributed by atoms with Gasteiger partial charge in [-0.15, -0.1) is 11.3 Å². The van der Waals surface area contributed by atoms with Gasteiger partial charge in [0.25, 0.3) is 0 Å². The number of urea groups is 1. The van der Waals surface area contributed by atoms with Crippen LogP contribution in [0.25, 0.3) is 10.2 Å². The molecule has 0 bridgehead atoms. The SMILES string of the molecule is CCSc1nc(NC(N)=O)c2c3c(sc2n1)CCCC3. The van der Waals surface area contributed by atoms with E-state index >= 15 is 0 Å². The van der Waals surface area contributed by atoms with Crippen LogP contribution in [0.3, 0.4) is 0 Å². The van der Waals surface area contributed by atoms with Crippen molar-refractivity contribution in [2.24, 2.45) is 5.73 Å². The molecule has 2 amide bonds. The number of carbonyl (C=O) groups excluding carboxylic acids is 1. The number of thiophene rings is 1. The number of primary amides is 1. The van der Waals surface area contributed by atoms with Crippen LogP contribution in [0.1, 0.15) is 30.2 Å². The maximum absolute atomic E-state index is 11.2. The molecule has 3 N–H and O–H groups in total. The molecule has 20 heavy (non-hydrogen) atoms. The summed E-state index contributed by atoms with van der Waals surface area (Å²) in [6.07, 6.45) is 4.54. The third kappa shape index (κ3) is 2.47.